The van der Waals surface area contributed by atoms with Crippen LogP contribution in [0.5, 0.6) is 0 Å². The van der Waals surface area contributed by atoms with E-state index in [-0.39, 0.29) is 5.41 Å². The lowest BCUT2D eigenvalue weighted by molar-refractivity contribution is -0.00515. The van der Waals surface area contributed by atoms with Crippen LogP contribution < -0.4 is 0 Å². The van der Waals surface area contributed by atoms with Crippen molar-refractivity contribution in [1.29, 1.82) is 0 Å². The van der Waals surface area contributed by atoms with E-state index in [9.17, 15) is 0 Å². The van der Waals surface area contributed by atoms with Crippen molar-refractivity contribution < 1.29 is 8.83 Å². The molecule has 4 saturated carbocycles. The van der Waals surface area contributed by atoms with Crippen LogP contribution in [-0.2, 0) is 5.41 Å². The van der Waals surface area contributed by atoms with Gasteiger partial charge in [0.05, 0.1) is 11.1 Å². The fraction of sp³-hybridized carbons (Fsp3) is 0.208. The Labute approximate surface area is 311 Å². The topological polar surface area (TPSA) is 77.8 Å². The SMILES string of the molecule is c1cncc(-c2cc(-c3nc(-c4cccc5c4oc4ccccc45)nc(-c4cccc5c4oc4ccccc45)n3)cc(C34CC5CC(CC(C5)C3)C4)c2)c1. The van der Waals surface area contributed by atoms with Gasteiger partial charge >= 0.3 is 0 Å². The summed E-state index contributed by atoms with van der Waals surface area (Å²) < 4.78 is 13.1. The van der Waals surface area contributed by atoms with Gasteiger partial charge < -0.3 is 8.83 Å². The molecule has 6 nitrogen and oxygen atoms in total. The summed E-state index contributed by atoms with van der Waals surface area (Å²) in [5.74, 6) is 4.24. The van der Waals surface area contributed by atoms with Crippen LogP contribution in [0.1, 0.15) is 44.1 Å². The van der Waals surface area contributed by atoms with Gasteiger partial charge in [-0.15, -0.1) is 0 Å². The monoisotopic (exact) mass is 700 g/mol. The third kappa shape index (κ3) is 4.65. The zero-order valence-electron chi connectivity index (χ0n) is 29.7. The van der Waals surface area contributed by atoms with E-state index < -0.39 is 0 Å². The Balaban J connectivity index is 1.12. The molecule has 6 heteroatoms. The van der Waals surface area contributed by atoms with Gasteiger partial charge in [0.25, 0.3) is 0 Å². The molecule has 0 saturated heterocycles. The van der Waals surface area contributed by atoms with E-state index in [1.165, 1.54) is 44.1 Å². The molecule has 4 aliphatic carbocycles. The molecule has 4 bridgehead atoms. The summed E-state index contributed by atoms with van der Waals surface area (Å²) >= 11 is 0. The molecule has 4 fully saturated rings. The normalized spacial score (nSPS) is 21.9. The number of hydrogen-bond acceptors (Lipinski definition) is 6. The van der Waals surface area contributed by atoms with Crippen LogP contribution in [0.25, 0.3) is 89.2 Å². The van der Waals surface area contributed by atoms with Crippen molar-refractivity contribution in [2.24, 2.45) is 17.8 Å². The number of fused-ring (bicyclic) bond motifs is 6. The van der Waals surface area contributed by atoms with Gasteiger partial charge in [-0.2, -0.15) is 0 Å². The minimum atomic E-state index is 0.181. The Morgan fingerprint density at radius 3 is 1.59 bits per heavy atom. The molecule has 9 aromatic rings. The molecule has 4 heterocycles. The minimum Gasteiger partial charge on any atom is -0.455 e. The Hall–Kier alpha value is -6.14. The molecule has 0 aliphatic heterocycles. The molecule has 54 heavy (non-hydrogen) atoms. The van der Waals surface area contributed by atoms with Crippen LogP contribution in [0.15, 0.2) is 136 Å². The van der Waals surface area contributed by atoms with E-state index in [0.717, 1.165) is 89.4 Å². The molecule has 0 unspecified atom stereocenters. The molecular formula is C48H36N4O2. The van der Waals surface area contributed by atoms with E-state index in [2.05, 4.69) is 77.8 Å². The molecule has 4 aromatic heterocycles. The molecule has 5 aromatic carbocycles. The lowest BCUT2D eigenvalue weighted by Gasteiger charge is -2.57. The van der Waals surface area contributed by atoms with Crippen molar-refractivity contribution in [3.05, 3.63) is 133 Å². The van der Waals surface area contributed by atoms with E-state index in [1.807, 2.05) is 54.9 Å². The molecule has 0 radical (unpaired) electrons. The highest BCUT2D eigenvalue weighted by Crippen LogP contribution is 2.61. The fourth-order valence-electron chi connectivity index (χ4n) is 10.8. The Morgan fingerprint density at radius 2 is 1.02 bits per heavy atom. The van der Waals surface area contributed by atoms with Crippen molar-refractivity contribution in [3.8, 4) is 45.3 Å². The van der Waals surface area contributed by atoms with Crippen molar-refractivity contribution in [2.45, 2.75) is 43.9 Å². The number of rotatable bonds is 5. The summed E-state index contributed by atoms with van der Waals surface area (Å²) in [7, 11) is 0. The average molecular weight is 701 g/mol. The first-order valence-corrected chi connectivity index (χ1v) is 19.3. The van der Waals surface area contributed by atoms with Gasteiger partial charge in [0, 0.05) is 45.1 Å². The molecule has 4 aliphatic rings. The number of benzene rings is 5. The van der Waals surface area contributed by atoms with Crippen molar-refractivity contribution in [1.82, 2.24) is 19.9 Å². The van der Waals surface area contributed by atoms with Gasteiger partial charge in [0.2, 0.25) is 0 Å². The highest BCUT2D eigenvalue weighted by atomic mass is 16.3. The summed E-state index contributed by atoms with van der Waals surface area (Å²) in [5, 5.41) is 4.21. The van der Waals surface area contributed by atoms with Crippen molar-refractivity contribution in [2.75, 3.05) is 0 Å². The predicted molar refractivity (Wildman–Crippen MR) is 214 cm³/mol. The first kappa shape index (κ1) is 30.3. The molecule has 0 spiro atoms. The van der Waals surface area contributed by atoms with E-state index >= 15 is 0 Å². The van der Waals surface area contributed by atoms with Crippen LogP contribution >= 0.6 is 0 Å². The second-order valence-electron chi connectivity index (χ2n) is 16.1. The Bertz CT molecular complexity index is 2770. The van der Waals surface area contributed by atoms with Gasteiger partial charge in [-0.3, -0.25) is 4.98 Å². The molecule has 0 amide bonds. The summed E-state index contributed by atoms with van der Waals surface area (Å²) in [6.45, 7) is 0. The molecular weight excluding hydrogens is 665 g/mol. The van der Waals surface area contributed by atoms with Crippen molar-refractivity contribution >= 4 is 43.9 Å². The second-order valence-corrected chi connectivity index (χ2v) is 16.1. The smallest absolute Gasteiger partial charge is 0.167 e. The van der Waals surface area contributed by atoms with Gasteiger partial charge in [-0.25, -0.2) is 15.0 Å². The molecule has 0 N–H and O–H groups in total. The largest absolute Gasteiger partial charge is 0.455 e. The van der Waals surface area contributed by atoms with Crippen LogP contribution in [0.2, 0.25) is 0 Å². The fourth-order valence-corrected chi connectivity index (χ4v) is 10.8. The number of furan rings is 2. The zero-order chi connectivity index (χ0) is 35.4. The van der Waals surface area contributed by atoms with Crippen molar-refractivity contribution in [3.63, 3.8) is 0 Å². The van der Waals surface area contributed by atoms with E-state index in [4.69, 9.17) is 23.8 Å². The van der Waals surface area contributed by atoms with E-state index in [0.29, 0.717) is 17.5 Å². The highest BCUT2D eigenvalue weighted by Gasteiger charge is 2.51. The molecule has 13 rings (SSSR count). The quantitative estimate of drug-likeness (QED) is 0.178. The van der Waals surface area contributed by atoms with Gasteiger partial charge in [-0.1, -0.05) is 72.8 Å². The minimum absolute atomic E-state index is 0.181. The first-order valence-electron chi connectivity index (χ1n) is 19.3. The zero-order valence-corrected chi connectivity index (χ0v) is 29.7. The molecule has 0 atom stereocenters. The maximum Gasteiger partial charge on any atom is 0.167 e. The number of nitrogens with zero attached hydrogens (tertiary/aromatic N) is 4. The second kappa shape index (κ2) is 11.4. The Morgan fingerprint density at radius 1 is 0.481 bits per heavy atom. The number of pyridine rings is 1. The third-order valence-corrected chi connectivity index (χ3v) is 12.8. The van der Waals surface area contributed by atoms with Crippen LogP contribution in [0, 0.1) is 17.8 Å². The lowest BCUT2D eigenvalue weighted by atomic mass is 9.48. The third-order valence-electron chi connectivity index (χ3n) is 12.8. The summed E-state index contributed by atoms with van der Waals surface area (Å²) in [6, 6.07) is 40.1. The maximum absolute atomic E-state index is 6.55. The predicted octanol–water partition coefficient (Wildman–Crippen LogP) is 12.2. The van der Waals surface area contributed by atoms with Crippen LogP contribution in [0.3, 0.4) is 0 Å². The summed E-state index contributed by atoms with van der Waals surface area (Å²) in [5.41, 5.74) is 9.69. The highest BCUT2D eigenvalue weighted by molar-refractivity contribution is 6.10. The summed E-state index contributed by atoms with van der Waals surface area (Å²) in [6.07, 6.45) is 11.8. The number of hydrogen-bond donors (Lipinski definition) is 0. The molecule has 260 valence electrons. The Kier molecular flexibility index (Phi) is 6.42. The van der Waals surface area contributed by atoms with Gasteiger partial charge in [0.1, 0.15) is 22.3 Å². The van der Waals surface area contributed by atoms with E-state index in [1.54, 1.807) is 0 Å². The standard InChI is InChI=1S/C48H36N4O2/c1-3-15-41-35(9-1)37-11-5-13-39(43(37)53-41)46-50-45(51-47(52-46)40-14-6-12-38-36-10-2-4-16-42(36)54-44(38)40)33-21-32(31-8-7-17-49-27-31)22-34(23-33)48-24-28-18-29(25-48)20-30(19-28)26-48/h1-17,21-23,27-30H,18-20,24-26H2. The van der Waals surface area contributed by atoms with Gasteiger partial charge in [0.15, 0.2) is 17.5 Å². The number of aromatic nitrogens is 4. The van der Waals surface area contributed by atoms with Crippen LogP contribution in [0.4, 0.5) is 0 Å². The van der Waals surface area contributed by atoms with Crippen LogP contribution in [-0.4, -0.2) is 19.9 Å². The lowest BCUT2D eigenvalue weighted by Crippen LogP contribution is -2.48. The maximum atomic E-state index is 6.55. The number of para-hydroxylation sites is 4. The summed E-state index contributed by atoms with van der Waals surface area (Å²) in [4.78, 5) is 20.4. The average Bonchev–Trinajstić information content (AvgIpc) is 3.79. The van der Waals surface area contributed by atoms with Gasteiger partial charge in [-0.05, 0) is 115 Å². The first-order chi connectivity index (χ1) is 26.6.